The van der Waals surface area contributed by atoms with Crippen molar-refractivity contribution in [2.45, 2.75) is 0 Å². The molecule has 3 nitrogen and oxygen atoms in total. The molecule has 2 N–H and O–H groups in total. The van der Waals surface area contributed by atoms with Crippen LogP contribution >= 0.6 is 11.3 Å². The highest BCUT2D eigenvalue weighted by molar-refractivity contribution is 7.18. The van der Waals surface area contributed by atoms with Crippen LogP contribution in [-0.2, 0) is 0 Å². The average Bonchev–Trinajstić information content (AvgIpc) is 2.59. The molecule has 0 spiro atoms. The first-order valence-corrected chi connectivity index (χ1v) is 4.96. The number of carbonyl (C=O) groups excluding carboxylic acids is 1. The van der Waals surface area contributed by atoms with E-state index in [-0.39, 0.29) is 0 Å². The van der Waals surface area contributed by atoms with Gasteiger partial charge in [0.1, 0.15) is 5.75 Å². The fraction of sp³-hybridized carbons (Fsp3) is 0.100. The second kappa shape index (κ2) is 3.31. The lowest BCUT2D eigenvalue weighted by Crippen LogP contribution is -2.10. The Morgan fingerprint density at radius 2 is 2.29 bits per heavy atom. The van der Waals surface area contributed by atoms with Gasteiger partial charge >= 0.3 is 0 Å². The Bertz CT molecular complexity index is 490. The number of thiophene rings is 1. The van der Waals surface area contributed by atoms with Crippen LogP contribution in [0, 0.1) is 0 Å². The van der Waals surface area contributed by atoms with Crippen LogP contribution in [-0.4, -0.2) is 13.0 Å². The van der Waals surface area contributed by atoms with Gasteiger partial charge in [0, 0.05) is 10.8 Å². The summed E-state index contributed by atoms with van der Waals surface area (Å²) in [6.07, 6.45) is 0. The Hall–Kier alpha value is -1.55. The van der Waals surface area contributed by atoms with Crippen molar-refractivity contribution in [3.8, 4) is 5.75 Å². The number of primary amides is 1. The topological polar surface area (TPSA) is 52.3 Å². The van der Waals surface area contributed by atoms with Gasteiger partial charge in [0.05, 0.1) is 17.4 Å². The molecule has 4 heteroatoms. The molecule has 0 aliphatic carbocycles. The molecule has 1 aromatic carbocycles. The van der Waals surface area contributed by atoms with E-state index in [9.17, 15) is 4.79 Å². The maximum atomic E-state index is 11.1. The zero-order valence-corrected chi connectivity index (χ0v) is 8.43. The summed E-state index contributed by atoms with van der Waals surface area (Å²) in [6.45, 7) is 0. The number of amides is 1. The van der Waals surface area contributed by atoms with Gasteiger partial charge in [-0.1, -0.05) is 6.07 Å². The highest BCUT2D eigenvalue weighted by Gasteiger charge is 2.10. The number of rotatable bonds is 2. The smallest absolute Gasteiger partial charge is 0.250 e. The van der Waals surface area contributed by atoms with E-state index in [0.717, 1.165) is 15.8 Å². The Morgan fingerprint density at radius 1 is 1.50 bits per heavy atom. The van der Waals surface area contributed by atoms with Crippen LogP contribution in [0.2, 0.25) is 0 Å². The highest BCUT2D eigenvalue weighted by atomic mass is 32.1. The summed E-state index contributed by atoms with van der Waals surface area (Å²) in [6, 6.07) is 5.44. The predicted molar refractivity (Wildman–Crippen MR) is 56.9 cm³/mol. The lowest BCUT2D eigenvalue weighted by Gasteiger charge is -1.98. The van der Waals surface area contributed by atoms with Gasteiger partial charge in [-0.2, -0.15) is 0 Å². The summed E-state index contributed by atoms with van der Waals surface area (Å²) >= 11 is 1.47. The molecule has 14 heavy (non-hydrogen) atoms. The van der Waals surface area contributed by atoms with E-state index in [1.807, 2.05) is 11.4 Å². The van der Waals surface area contributed by atoms with Crippen LogP contribution in [0.3, 0.4) is 0 Å². The van der Waals surface area contributed by atoms with E-state index in [0.29, 0.717) is 5.56 Å². The molecule has 1 heterocycles. The van der Waals surface area contributed by atoms with Gasteiger partial charge < -0.3 is 10.5 Å². The molecular weight excluding hydrogens is 198 g/mol. The lowest BCUT2D eigenvalue weighted by atomic mass is 10.1. The van der Waals surface area contributed by atoms with Crippen molar-refractivity contribution in [3.05, 3.63) is 29.1 Å². The average molecular weight is 207 g/mol. The molecule has 0 radical (unpaired) electrons. The number of hydrogen-bond donors (Lipinski definition) is 1. The van der Waals surface area contributed by atoms with Crippen molar-refractivity contribution in [2.24, 2.45) is 5.73 Å². The fourth-order valence-electron chi connectivity index (χ4n) is 1.39. The van der Waals surface area contributed by atoms with Crippen LogP contribution in [0.15, 0.2) is 23.6 Å². The zero-order valence-electron chi connectivity index (χ0n) is 7.61. The maximum Gasteiger partial charge on any atom is 0.250 e. The number of carbonyl (C=O) groups is 1. The molecular formula is C10H9NO2S. The number of nitrogens with two attached hydrogens (primary N) is 1. The monoisotopic (exact) mass is 207 g/mol. The second-order valence-corrected chi connectivity index (χ2v) is 3.73. The van der Waals surface area contributed by atoms with Gasteiger partial charge in [0.25, 0.3) is 0 Å². The van der Waals surface area contributed by atoms with E-state index in [1.165, 1.54) is 11.3 Å². The first-order valence-electron chi connectivity index (χ1n) is 4.08. The molecule has 0 saturated heterocycles. The molecule has 1 amide bonds. The number of benzene rings is 1. The Labute approximate surface area is 85.1 Å². The second-order valence-electron chi connectivity index (χ2n) is 2.85. The third kappa shape index (κ3) is 1.24. The maximum absolute atomic E-state index is 11.1. The minimum atomic E-state index is -0.403. The predicted octanol–water partition coefficient (Wildman–Crippen LogP) is 2.01. The van der Waals surface area contributed by atoms with Gasteiger partial charge in [-0.3, -0.25) is 4.79 Å². The van der Waals surface area contributed by atoms with E-state index >= 15 is 0 Å². The number of fused-ring (bicyclic) bond motifs is 1. The minimum absolute atomic E-state index is 0.403. The van der Waals surface area contributed by atoms with E-state index < -0.39 is 5.91 Å². The Kier molecular flexibility index (Phi) is 2.13. The Morgan fingerprint density at radius 3 is 2.93 bits per heavy atom. The first-order chi connectivity index (χ1) is 6.74. The number of ether oxygens (including phenoxy) is 1. The minimum Gasteiger partial charge on any atom is -0.495 e. The summed E-state index contributed by atoms with van der Waals surface area (Å²) in [5, 5.41) is 2.81. The number of hydrogen-bond acceptors (Lipinski definition) is 3. The third-order valence-electron chi connectivity index (χ3n) is 2.05. The molecule has 1 aromatic heterocycles. The molecule has 0 saturated carbocycles. The molecule has 0 bridgehead atoms. The molecule has 0 aliphatic rings. The molecule has 0 fully saturated rings. The first kappa shape index (κ1) is 9.02. The van der Waals surface area contributed by atoms with Crippen molar-refractivity contribution >= 4 is 27.3 Å². The number of methoxy groups -OCH3 is 1. The summed E-state index contributed by atoms with van der Waals surface area (Å²) in [5.74, 6) is 0.383. The van der Waals surface area contributed by atoms with E-state index in [4.69, 9.17) is 10.5 Å². The van der Waals surface area contributed by atoms with Crippen molar-refractivity contribution in [1.82, 2.24) is 0 Å². The molecule has 2 rings (SSSR count). The molecule has 0 atom stereocenters. The summed E-state index contributed by atoms with van der Waals surface area (Å²) in [4.78, 5) is 11.1. The zero-order chi connectivity index (χ0) is 10.1. The summed E-state index contributed by atoms with van der Waals surface area (Å²) in [7, 11) is 1.61. The van der Waals surface area contributed by atoms with Crippen LogP contribution in [0.25, 0.3) is 10.1 Å². The lowest BCUT2D eigenvalue weighted by molar-refractivity contribution is 0.100. The van der Waals surface area contributed by atoms with Gasteiger partial charge in [-0.15, -0.1) is 11.3 Å². The van der Waals surface area contributed by atoms with Crippen molar-refractivity contribution in [1.29, 1.82) is 0 Å². The van der Waals surface area contributed by atoms with Gasteiger partial charge in [-0.25, -0.2) is 0 Å². The fourth-order valence-corrected chi connectivity index (χ4v) is 2.43. The van der Waals surface area contributed by atoms with Gasteiger partial charge in [-0.05, 0) is 12.1 Å². The molecule has 0 unspecified atom stereocenters. The van der Waals surface area contributed by atoms with E-state index in [2.05, 4.69) is 0 Å². The summed E-state index contributed by atoms with van der Waals surface area (Å²) < 4.78 is 6.05. The van der Waals surface area contributed by atoms with Crippen LogP contribution < -0.4 is 10.5 Å². The Balaban J connectivity index is 2.76. The van der Waals surface area contributed by atoms with Crippen molar-refractivity contribution in [2.75, 3.05) is 7.11 Å². The summed E-state index contributed by atoms with van der Waals surface area (Å²) in [5.41, 5.74) is 5.81. The van der Waals surface area contributed by atoms with Crippen LogP contribution in [0.1, 0.15) is 10.4 Å². The van der Waals surface area contributed by atoms with Crippen LogP contribution in [0.5, 0.6) is 5.75 Å². The van der Waals surface area contributed by atoms with Gasteiger partial charge in [0.15, 0.2) is 0 Å². The highest BCUT2D eigenvalue weighted by Crippen LogP contribution is 2.33. The standard InChI is InChI=1S/C10H9NO2S/c1-13-8-5-14-9-6(8)3-2-4-7(9)10(11)12/h2-5H,1H3,(H2,11,12). The molecule has 2 aromatic rings. The third-order valence-corrected chi connectivity index (χ3v) is 3.06. The van der Waals surface area contributed by atoms with Crippen LogP contribution in [0.4, 0.5) is 0 Å². The van der Waals surface area contributed by atoms with Gasteiger partial charge in [0.2, 0.25) is 5.91 Å². The largest absolute Gasteiger partial charge is 0.495 e. The molecule has 72 valence electrons. The van der Waals surface area contributed by atoms with E-state index in [1.54, 1.807) is 19.2 Å². The normalized spacial score (nSPS) is 10.4. The quantitative estimate of drug-likeness (QED) is 0.819. The SMILES string of the molecule is COc1csc2c(C(N)=O)cccc12. The van der Waals surface area contributed by atoms with Crippen molar-refractivity contribution < 1.29 is 9.53 Å². The molecule has 0 aliphatic heterocycles. The van der Waals surface area contributed by atoms with Crippen molar-refractivity contribution in [3.63, 3.8) is 0 Å².